The van der Waals surface area contributed by atoms with E-state index in [2.05, 4.69) is 0 Å². The van der Waals surface area contributed by atoms with E-state index >= 15 is 0 Å². The summed E-state index contributed by atoms with van der Waals surface area (Å²) in [6.07, 6.45) is 0. The standard InChI is InChI=1S/4Ca.2H3O4P.4H2O/c;;;;2*1-5(2,3)4;;;;/h;;;;2*(H3,1,2,3,4);4*1H2/q4*+2;;;;;;/p-6. The average molecular weight is 422 g/mol. The van der Waals surface area contributed by atoms with Crippen LogP contribution in [0.15, 0.2) is 0 Å². The largest absolute Gasteiger partial charge is 2.00 e. The van der Waals surface area contributed by atoms with Crippen molar-refractivity contribution in [3.05, 3.63) is 0 Å². The Morgan fingerprint density at radius 2 is 0.444 bits per heavy atom. The zero-order valence-electron chi connectivity index (χ0n) is 8.99. The summed E-state index contributed by atoms with van der Waals surface area (Å²) in [6, 6.07) is 0. The van der Waals surface area contributed by atoms with Crippen LogP contribution in [-0.4, -0.2) is 173 Å². The predicted molar refractivity (Wildman–Crippen MR) is 52.7 cm³/mol. The van der Waals surface area contributed by atoms with Gasteiger partial charge in [0.15, 0.2) is 0 Å². The molecule has 18 heavy (non-hydrogen) atoms. The molecule has 0 aromatic carbocycles. The Morgan fingerprint density at radius 3 is 0.444 bits per heavy atom. The van der Waals surface area contributed by atoms with Crippen molar-refractivity contribution in [3.63, 3.8) is 0 Å². The first-order valence-electron chi connectivity index (χ1n) is 1.46. The van der Waals surface area contributed by atoms with Crippen molar-refractivity contribution >= 4 is 167 Å². The van der Waals surface area contributed by atoms with Crippen molar-refractivity contribution in [1.82, 2.24) is 0 Å². The molecule has 18 heteroatoms. The van der Waals surface area contributed by atoms with Crippen LogP contribution in [0, 0.1) is 0 Å². The first-order chi connectivity index (χ1) is 4.00. The molecule has 0 aliphatic rings. The molecule has 0 unspecified atom stereocenters. The molecule has 96 valence electrons. The third-order valence-corrected chi connectivity index (χ3v) is 0. The van der Waals surface area contributed by atoms with Crippen molar-refractivity contribution < 1.29 is 60.4 Å². The summed E-state index contributed by atoms with van der Waals surface area (Å²) in [7, 11) is -10.8. The molecule has 0 aromatic rings. The van der Waals surface area contributed by atoms with E-state index in [-0.39, 0.29) is 173 Å². The molecule has 0 aliphatic heterocycles. The molecule has 12 nitrogen and oxygen atoms in total. The van der Waals surface area contributed by atoms with Gasteiger partial charge in [-0.25, -0.2) is 0 Å². The number of phosphoric acid groups is 2. The van der Waals surface area contributed by atoms with Gasteiger partial charge in [0.25, 0.3) is 0 Å². The van der Waals surface area contributed by atoms with Gasteiger partial charge in [0, 0.05) is 0 Å². The topological polar surface area (TPSA) is 298 Å². The van der Waals surface area contributed by atoms with E-state index in [1.165, 1.54) is 0 Å². The Balaban J connectivity index is -0.00000000615. The van der Waals surface area contributed by atoms with Crippen molar-refractivity contribution in [3.8, 4) is 0 Å². The van der Waals surface area contributed by atoms with E-state index < -0.39 is 15.6 Å². The van der Waals surface area contributed by atoms with Gasteiger partial charge in [-0.15, -0.1) is 0 Å². The minimum absolute atomic E-state index is 0. The normalized spacial score (nSPS) is 6.56. The molecule has 0 fully saturated rings. The van der Waals surface area contributed by atoms with Crippen LogP contribution in [-0.2, 0) is 9.13 Å². The molecule has 0 aliphatic carbocycles. The number of hydrogen-bond donors (Lipinski definition) is 0. The fraction of sp³-hybridized carbons (Fsp3) is 0. The monoisotopic (exact) mass is 422 g/mol. The molecule has 0 saturated heterocycles. The molecule has 0 bridgehead atoms. The first kappa shape index (κ1) is 65.7. The van der Waals surface area contributed by atoms with Crippen LogP contribution in [0.5, 0.6) is 0 Å². The van der Waals surface area contributed by atoms with Crippen LogP contribution in [0.4, 0.5) is 0 Å². The predicted octanol–water partition coefficient (Wildman–Crippen LogP) is -10.5. The molecule has 0 aromatic heterocycles. The van der Waals surface area contributed by atoms with Gasteiger partial charge in [-0.1, -0.05) is 0 Å². The summed E-state index contributed by atoms with van der Waals surface area (Å²) in [5.41, 5.74) is 0. The van der Waals surface area contributed by atoms with E-state index in [0.29, 0.717) is 0 Å². The molecular weight excluding hydrogens is 414 g/mol. The molecule has 0 spiro atoms. The van der Waals surface area contributed by atoms with Crippen LogP contribution in [0.2, 0.25) is 0 Å². The third kappa shape index (κ3) is 328. The van der Waals surface area contributed by atoms with Gasteiger partial charge in [-0.3, -0.25) is 0 Å². The third-order valence-electron chi connectivity index (χ3n) is 0. The fourth-order valence-electron chi connectivity index (χ4n) is 0. The molecule has 8 N–H and O–H groups in total. The second kappa shape index (κ2) is 33.6. The van der Waals surface area contributed by atoms with Gasteiger partial charge in [0.1, 0.15) is 0 Å². The van der Waals surface area contributed by atoms with Crippen LogP contribution in [0.3, 0.4) is 0 Å². The fourth-order valence-corrected chi connectivity index (χ4v) is 0. The van der Waals surface area contributed by atoms with Gasteiger partial charge in [-0.05, 0) is 0 Å². The van der Waals surface area contributed by atoms with Crippen LogP contribution >= 0.6 is 15.6 Å². The van der Waals surface area contributed by atoms with Gasteiger partial charge in [0.2, 0.25) is 0 Å². The average Bonchev–Trinajstić information content (AvgIpc) is 1.12. The van der Waals surface area contributed by atoms with Crippen molar-refractivity contribution in [2.45, 2.75) is 0 Å². The Bertz CT molecular complexity index is 134. The van der Waals surface area contributed by atoms with Crippen LogP contribution in [0.1, 0.15) is 0 Å². The van der Waals surface area contributed by atoms with E-state index in [0.717, 1.165) is 0 Å². The first-order valence-corrected chi connectivity index (χ1v) is 4.38. The molecule has 0 atom stereocenters. The second-order valence-electron chi connectivity index (χ2n) is 0.894. The van der Waals surface area contributed by atoms with E-state index in [1.54, 1.807) is 0 Å². The molecule has 0 rings (SSSR count). The van der Waals surface area contributed by atoms with E-state index in [9.17, 15) is 0 Å². The van der Waals surface area contributed by atoms with Crippen molar-refractivity contribution in [2.75, 3.05) is 0 Å². The van der Waals surface area contributed by atoms with Gasteiger partial charge in [0.05, 0.1) is 0 Å². The zero-order valence-corrected chi connectivity index (χ0v) is 19.6. The summed E-state index contributed by atoms with van der Waals surface area (Å²) >= 11 is 0. The van der Waals surface area contributed by atoms with Crippen LogP contribution in [0.25, 0.3) is 0 Å². The van der Waals surface area contributed by atoms with Gasteiger partial charge >= 0.3 is 151 Å². The Kier molecular flexibility index (Phi) is 123. The van der Waals surface area contributed by atoms with E-state index in [1.807, 2.05) is 0 Å². The maximum absolute atomic E-state index is 8.55. The quantitative estimate of drug-likeness (QED) is 0.266. The maximum Gasteiger partial charge on any atom is 2.00 e. The smallest absolute Gasteiger partial charge is 0.822 e. The minimum Gasteiger partial charge on any atom is -0.822 e. The molecule has 0 heterocycles. The number of hydrogen-bond acceptors (Lipinski definition) is 8. The minimum atomic E-state index is -5.39. The van der Waals surface area contributed by atoms with E-state index in [4.69, 9.17) is 38.5 Å². The SMILES string of the molecule is O.O.O.O.O=P([O-])([O-])[O-].O=P([O-])([O-])[O-].[Ca+2].[Ca+2].[Ca+2].[Ca+2]. The Morgan fingerprint density at radius 1 is 0.444 bits per heavy atom. The summed E-state index contributed by atoms with van der Waals surface area (Å²) in [4.78, 5) is 51.3. The zero-order chi connectivity index (χ0) is 9.00. The summed E-state index contributed by atoms with van der Waals surface area (Å²) in [5.74, 6) is 0. The summed E-state index contributed by atoms with van der Waals surface area (Å²) < 4.78 is 17.1. The number of rotatable bonds is 0. The summed E-state index contributed by atoms with van der Waals surface area (Å²) in [6.45, 7) is 0. The van der Waals surface area contributed by atoms with Crippen LogP contribution < -0.4 is 29.4 Å². The van der Waals surface area contributed by atoms with Crippen molar-refractivity contribution in [1.29, 1.82) is 0 Å². The summed E-state index contributed by atoms with van der Waals surface area (Å²) in [5, 5.41) is 0. The Labute approximate surface area is 222 Å². The molecule has 0 radical (unpaired) electrons. The van der Waals surface area contributed by atoms with Gasteiger partial charge in [-0.2, -0.15) is 15.6 Å². The maximum atomic E-state index is 8.55. The van der Waals surface area contributed by atoms with Gasteiger partial charge < -0.3 is 60.4 Å². The second-order valence-corrected chi connectivity index (χ2v) is 2.68. The van der Waals surface area contributed by atoms with Crippen molar-refractivity contribution in [2.24, 2.45) is 0 Å². The molecule has 0 saturated carbocycles. The Hall–Kier alpha value is 5.10. The molecule has 0 amide bonds. The molecular formula is H8Ca4O12P2+2.